The van der Waals surface area contributed by atoms with Crippen LogP contribution in [0.5, 0.6) is 0 Å². The Balaban J connectivity index is 1.69. The second-order valence-corrected chi connectivity index (χ2v) is 7.79. The maximum atomic E-state index is 12.4. The van der Waals surface area contributed by atoms with Gasteiger partial charge in [-0.1, -0.05) is 24.4 Å². The van der Waals surface area contributed by atoms with E-state index in [1.807, 2.05) is 6.07 Å². The average molecular weight is 350 g/mol. The van der Waals surface area contributed by atoms with Crippen LogP contribution < -0.4 is 10.0 Å². The van der Waals surface area contributed by atoms with Crippen molar-refractivity contribution in [3.63, 3.8) is 0 Å². The van der Waals surface area contributed by atoms with E-state index in [0.717, 1.165) is 5.69 Å². The molecule has 0 spiro atoms. The van der Waals surface area contributed by atoms with Crippen LogP contribution in [0.1, 0.15) is 43.6 Å². The molecule has 3 rings (SSSR count). The van der Waals surface area contributed by atoms with E-state index in [2.05, 4.69) is 20.2 Å². The third-order valence-electron chi connectivity index (χ3n) is 4.21. The van der Waals surface area contributed by atoms with Gasteiger partial charge in [0.25, 0.3) is 10.0 Å². The quantitative estimate of drug-likeness (QED) is 0.859. The summed E-state index contributed by atoms with van der Waals surface area (Å²) in [5, 5.41) is 7.13. The topological polar surface area (TPSA) is 97.1 Å². The molecule has 130 valence electrons. The maximum Gasteiger partial charge on any atom is 0.268 e. The van der Waals surface area contributed by atoms with Crippen LogP contribution in [0.2, 0.25) is 0 Å². The van der Waals surface area contributed by atoms with Gasteiger partial charge in [-0.2, -0.15) is 0 Å². The first-order valence-electron chi connectivity index (χ1n) is 8.14. The molecule has 2 aromatic rings. The van der Waals surface area contributed by atoms with Gasteiger partial charge in [-0.3, -0.25) is 4.72 Å². The van der Waals surface area contributed by atoms with Crippen molar-refractivity contribution < 1.29 is 12.9 Å². The Morgan fingerprint density at radius 3 is 2.50 bits per heavy atom. The summed E-state index contributed by atoms with van der Waals surface area (Å²) in [5.41, 5.74) is 1.23. The molecule has 1 aliphatic rings. The predicted octanol–water partition coefficient (Wildman–Crippen LogP) is 3.23. The van der Waals surface area contributed by atoms with Gasteiger partial charge in [-0.25, -0.2) is 13.4 Å². The lowest BCUT2D eigenvalue weighted by atomic mass is 9.95. The normalized spacial score (nSPS) is 16.1. The van der Waals surface area contributed by atoms with Gasteiger partial charge in [0.15, 0.2) is 10.7 Å². The van der Waals surface area contributed by atoms with E-state index in [9.17, 15) is 8.42 Å². The first-order valence-corrected chi connectivity index (χ1v) is 9.62. The maximum absolute atomic E-state index is 12.4. The summed E-state index contributed by atoms with van der Waals surface area (Å²) in [6.07, 6.45) is 7.79. The number of nitrogens with zero attached hydrogens (tertiary/aromatic N) is 2. The van der Waals surface area contributed by atoms with Crippen molar-refractivity contribution in [2.45, 2.75) is 56.9 Å². The Bertz CT molecular complexity index is 774. The van der Waals surface area contributed by atoms with Crippen LogP contribution in [-0.4, -0.2) is 24.6 Å². The number of hydrogen-bond acceptors (Lipinski definition) is 6. The molecule has 8 heteroatoms. The molecule has 7 nitrogen and oxygen atoms in total. The Morgan fingerprint density at radius 2 is 1.92 bits per heavy atom. The summed E-state index contributed by atoms with van der Waals surface area (Å²) >= 11 is 0. The van der Waals surface area contributed by atoms with Crippen molar-refractivity contribution in [1.82, 2.24) is 10.1 Å². The van der Waals surface area contributed by atoms with Crippen LogP contribution in [0, 0.1) is 13.8 Å². The predicted molar refractivity (Wildman–Crippen MR) is 91.5 cm³/mol. The lowest BCUT2D eigenvalue weighted by Crippen LogP contribution is -2.22. The zero-order chi connectivity index (χ0) is 17.2. The van der Waals surface area contributed by atoms with Crippen molar-refractivity contribution in [3.05, 3.63) is 29.8 Å². The minimum atomic E-state index is -3.76. The molecule has 24 heavy (non-hydrogen) atoms. The van der Waals surface area contributed by atoms with Crippen molar-refractivity contribution in [3.8, 4) is 0 Å². The fraction of sp³-hybridized carbons (Fsp3) is 0.500. The zero-order valence-electron chi connectivity index (χ0n) is 13.9. The number of aromatic nitrogens is 2. The fourth-order valence-electron chi connectivity index (χ4n) is 3.07. The molecule has 1 aliphatic carbocycles. The molecule has 0 amide bonds. The molecule has 0 aromatic carbocycles. The molecule has 2 aromatic heterocycles. The van der Waals surface area contributed by atoms with E-state index < -0.39 is 10.0 Å². The van der Waals surface area contributed by atoms with Crippen LogP contribution in [0.15, 0.2) is 27.7 Å². The highest BCUT2D eigenvalue weighted by Gasteiger charge is 2.24. The van der Waals surface area contributed by atoms with Gasteiger partial charge >= 0.3 is 0 Å². The third kappa shape index (κ3) is 3.69. The summed E-state index contributed by atoms with van der Waals surface area (Å²) in [7, 11) is -3.76. The molecular formula is C16H22N4O3S. The first-order chi connectivity index (χ1) is 11.5. The minimum Gasteiger partial charge on any atom is -0.381 e. The van der Waals surface area contributed by atoms with E-state index >= 15 is 0 Å². The summed E-state index contributed by atoms with van der Waals surface area (Å²) in [6.45, 7) is 3.16. The molecule has 0 bridgehead atoms. The van der Waals surface area contributed by atoms with Crippen LogP contribution in [0.3, 0.4) is 0 Å². The van der Waals surface area contributed by atoms with Crippen molar-refractivity contribution >= 4 is 21.5 Å². The van der Waals surface area contributed by atoms with Gasteiger partial charge in [0.05, 0.1) is 11.9 Å². The Kier molecular flexibility index (Phi) is 4.75. The molecule has 1 saturated carbocycles. The van der Waals surface area contributed by atoms with Gasteiger partial charge in [-0.05, 0) is 38.8 Å². The first kappa shape index (κ1) is 16.8. The lowest BCUT2D eigenvalue weighted by molar-refractivity contribution is 0.390. The number of rotatable bonds is 5. The van der Waals surface area contributed by atoms with E-state index in [0.29, 0.717) is 11.7 Å². The van der Waals surface area contributed by atoms with Gasteiger partial charge < -0.3 is 9.84 Å². The smallest absolute Gasteiger partial charge is 0.268 e. The second kappa shape index (κ2) is 6.80. The van der Waals surface area contributed by atoms with Gasteiger partial charge in [0.1, 0.15) is 11.5 Å². The molecule has 0 radical (unpaired) electrons. The molecule has 0 aliphatic heterocycles. The number of anilines is 2. The Labute approximate surface area is 141 Å². The second-order valence-electron chi connectivity index (χ2n) is 6.17. The average Bonchev–Trinajstić information content (AvgIpc) is 2.90. The van der Waals surface area contributed by atoms with Gasteiger partial charge in [0.2, 0.25) is 0 Å². The number of nitrogens with one attached hydrogen (secondary N) is 2. The highest BCUT2D eigenvalue weighted by Crippen LogP contribution is 2.24. The van der Waals surface area contributed by atoms with Crippen LogP contribution >= 0.6 is 0 Å². The summed E-state index contributed by atoms with van der Waals surface area (Å²) in [6, 6.07) is 3.97. The van der Waals surface area contributed by atoms with Crippen LogP contribution in [0.4, 0.5) is 11.5 Å². The summed E-state index contributed by atoms with van der Waals surface area (Å²) < 4.78 is 32.3. The summed E-state index contributed by atoms with van der Waals surface area (Å²) in [5.74, 6) is 0.528. The third-order valence-corrected chi connectivity index (χ3v) is 5.81. The number of sulfonamides is 1. The van der Waals surface area contributed by atoms with Gasteiger partial charge in [0, 0.05) is 6.04 Å². The molecule has 2 N–H and O–H groups in total. The molecule has 2 heterocycles. The molecule has 0 atom stereocenters. The fourth-order valence-corrected chi connectivity index (χ4v) is 4.41. The highest BCUT2D eigenvalue weighted by atomic mass is 32.2. The number of hydrogen-bond donors (Lipinski definition) is 2. The van der Waals surface area contributed by atoms with Gasteiger partial charge in [-0.15, -0.1) is 0 Å². The van der Waals surface area contributed by atoms with E-state index in [-0.39, 0.29) is 16.5 Å². The van der Waals surface area contributed by atoms with Crippen molar-refractivity contribution in [1.29, 1.82) is 0 Å². The molecular weight excluding hydrogens is 328 g/mol. The highest BCUT2D eigenvalue weighted by molar-refractivity contribution is 7.92. The zero-order valence-corrected chi connectivity index (χ0v) is 14.7. The lowest BCUT2D eigenvalue weighted by Gasteiger charge is -2.23. The van der Waals surface area contributed by atoms with Crippen molar-refractivity contribution in [2.24, 2.45) is 0 Å². The molecule has 0 unspecified atom stereocenters. The van der Waals surface area contributed by atoms with E-state index in [1.165, 1.54) is 32.1 Å². The number of aryl methyl sites for hydroxylation is 2. The van der Waals surface area contributed by atoms with Crippen LogP contribution in [0.25, 0.3) is 0 Å². The van der Waals surface area contributed by atoms with Crippen molar-refractivity contribution in [2.75, 3.05) is 10.0 Å². The van der Waals surface area contributed by atoms with Crippen LogP contribution in [-0.2, 0) is 10.0 Å². The van der Waals surface area contributed by atoms with E-state index in [1.54, 1.807) is 26.1 Å². The van der Waals surface area contributed by atoms with E-state index in [4.69, 9.17) is 4.52 Å². The monoisotopic (exact) mass is 350 g/mol. The minimum absolute atomic E-state index is 0.0636. The molecule has 1 fully saturated rings. The summed E-state index contributed by atoms with van der Waals surface area (Å²) in [4.78, 5) is 4.26. The standard InChI is InChI=1S/C16H22N4O3S/c1-11-16(12(2)23-19-11)24(21,22)20-15-9-8-14(10-17-15)18-13-6-4-3-5-7-13/h8-10,13,18H,3-7H2,1-2H3,(H,17,20). The SMILES string of the molecule is Cc1noc(C)c1S(=O)(=O)Nc1ccc(NC2CCCCC2)cn1. The Morgan fingerprint density at radius 1 is 1.17 bits per heavy atom. The largest absolute Gasteiger partial charge is 0.381 e. The number of pyridine rings is 1. The molecule has 0 saturated heterocycles. The Hall–Kier alpha value is -2.09.